The molecule has 4 rings (SSSR count). The van der Waals surface area contributed by atoms with Gasteiger partial charge in [-0.1, -0.05) is 63.3 Å². The first kappa shape index (κ1) is 27.8. The van der Waals surface area contributed by atoms with Crippen molar-refractivity contribution in [1.82, 2.24) is 14.7 Å². The third kappa shape index (κ3) is 6.83. The lowest BCUT2D eigenvalue weighted by molar-refractivity contribution is -0.138. The molecular formula is C31H45N3O2S. The maximum atomic E-state index is 13.8. The molecule has 6 heteroatoms. The number of fused-ring (bicyclic) bond motifs is 1. The summed E-state index contributed by atoms with van der Waals surface area (Å²) in [4.78, 5) is 34.5. The van der Waals surface area contributed by atoms with Gasteiger partial charge in [0.05, 0.1) is 12.1 Å². The van der Waals surface area contributed by atoms with Gasteiger partial charge in [-0.3, -0.25) is 14.5 Å². The molecule has 2 aliphatic heterocycles. The monoisotopic (exact) mass is 523 g/mol. The van der Waals surface area contributed by atoms with E-state index in [9.17, 15) is 9.59 Å². The molecular weight excluding hydrogens is 478 g/mol. The number of hydrogen-bond donors (Lipinski definition) is 0. The Morgan fingerprint density at radius 3 is 2.46 bits per heavy atom. The van der Waals surface area contributed by atoms with Crippen LogP contribution in [0.5, 0.6) is 0 Å². The highest BCUT2D eigenvalue weighted by molar-refractivity contribution is 7.10. The van der Waals surface area contributed by atoms with Crippen LogP contribution < -0.4 is 0 Å². The summed E-state index contributed by atoms with van der Waals surface area (Å²) in [6, 6.07) is 10.7. The molecule has 2 aliphatic rings. The Morgan fingerprint density at radius 2 is 1.65 bits per heavy atom. The standard InChI is InChI=1S/C31H45N3O2S/c1-4-5-6-7-8-9-15-29(35)32-18-12-19-33(22-21-32)31(36)25(3)34-20-16-28-27(17-23-37-28)30(34)26-14-11-10-13-24(26)2/h10-11,13-14,17,23,25,30H,4-9,12,15-16,18-22H2,1-3H3. The number of carbonyl (C=O) groups is 2. The third-order valence-corrected chi connectivity index (χ3v) is 9.24. The van der Waals surface area contributed by atoms with Gasteiger partial charge in [-0.2, -0.15) is 0 Å². The Bertz CT molecular complexity index is 1030. The van der Waals surface area contributed by atoms with Crippen molar-refractivity contribution in [3.63, 3.8) is 0 Å². The number of unbranched alkanes of at least 4 members (excludes halogenated alkanes) is 5. The summed E-state index contributed by atoms with van der Waals surface area (Å²) in [7, 11) is 0. The summed E-state index contributed by atoms with van der Waals surface area (Å²) in [5.74, 6) is 0.459. The van der Waals surface area contributed by atoms with E-state index in [1.807, 2.05) is 21.1 Å². The van der Waals surface area contributed by atoms with Crippen LogP contribution in [0.3, 0.4) is 0 Å². The lowest BCUT2D eigenvalue weighted by Gasteiger charge is -2.41. The van der Waals surface area contributed by atoms with Crippen LogP contribution in [-0.2, 0) is 16.0 Å². The first-order chi connectivity index (χ1) is 18.0. The van der Waals surface area contributed by atoms with Crippen LogP contribution in [0.1, 0.15) is 92.8 Å². The lowest BCUT2D eigenvalue weighted by Crippen LogP contribution is -2.51. The molecule has 0 aliphatic carbocycles. The number of benzene rings is 1. The minimum Gasteiger partial charge on any atom is -0.341 e. The van der Waals surface area contributed by atoms with E-state index in [0.29, 0.717) is 19.5 Å². The van der Waals surface area contributed by atoms with Crippen LogP contribution in [-0.4, -0.2) is 65.3 Å². The summed E-state index contributed by atoms with van der Waals surface area (Å²) in [5.41, 5.74) is 3.92. The van der Waals surface area contributed by atoms with E-state index in [1.165, 1.54) is 47.3 Å². The Balaban J connectivity index is 1.37. The van der Waals surface area contributed by atoms with Crippen molar-refractivity contribution in [3.8, 4) is 0 Å². The predicted octanol–water partition coefficient (Wildman–Crippen LogP) is 6.20. The molecule has 2 atom stereocenters. The van der Waals surface area contributed by atoms with Crippen LogP contribution in [0.15, 0.2) is 35.7 Å². The first-order valence-corrected chi connectivity index (χ1v) is 15.3. The number of rotatable bonds is 10. The fourth-order valence-corrected chi connectivity index (χ4v) is 6.90. The molecule has 0 saturated carbocycles. The Labute approximate surface area is 227 Å². The molecule has 1 saturated heterocycles. The van der Waals surface area contributed by atoms with Gasteiger partial charge in [0.1, 0.15) is 0 Å². The van der Waals surface area contributed by atoms with Gasteiger partial charge < -0.3 is 9.80 Å². The van der Waals surface area contributed by atoms with Crippen molar-refractivity contribution in [2.24, 2.45) is 0 Å². The Morgan fingerprint density at radius 1 is 0.919 bits per heavy atom. The van der Waals surface area contributed by atoms with Gasteiger partial charge in [-0.15, -0.1) is 11.3 Å². The minimum atomic E-state index is -0.206. The molecule has 0 N–H and O–H groups in total. The highest BCUT2D eigenvalue weighted by Crippen LogP contribution is 2.40. The van der Waals surface area contributed by atoms with E-state index < -0.39 is 0 Å². The summed E-state index contributed by atoms with van der Waals surface area (Å²) in [6.45, 7) is 10.2. The molecule has 0 radical (unpaired) electrons. The second-order valence-corrected chi connectivity index (χ2v) is 11.8. The van der Waals surface area contributed by atoms with Crippen LogP contribution in [0.2, 0.25) is 0 Å². The maximum absolute atomic E-state index is 13.8. The molecule has 1 aromatic heterocycles. The van der Waals surface area contributed by atoms with Crippen LogP contribution in [0, 0.1) is 6.92 Å². The number of amides is 2. The zero-order valence-electron chi connectivity index (χ0n) is 23.1. The van der Waals surface area contributed by atoms with Crippen LogP contribution >= 0.6 is 11.3 Å². The zero-order valence-corrected chi connectivity index (χ0v) is 23.9. The fourth-order valence-electron chi connectivity index (χ4n) is 6.00. The van der Waals surface area contributed by atoms with E-state index in [1.54, 1.807) is 0 Å². The van der Waals surface area contributed by atoms with Crippen LogP contribution in [0.25, 0.3) is 0 Å². The molecule has 2 aromatic rings. The van der Waals surface area contributed by atoms with Crippen molar-refractivity contribution in [3.05, 3.63) is 57.3 Å². The highest BCUT2D eigenvalue weighted by atomic mass is 32.1. The number of hydrogen-bond acceptors (Lipinski definition) is 4. The average Bonchev–Trinajstić information content (AvgIpc) is 3.25. The Hall–Kier alpha value is -2.18. The summed E-state index contributed by atoms with van der Waals surface area (Å²) in [6.07, 6.45) is 9.67. The normalized spacial score (nSPS) is 19.4. The van der Waals surface area contributed by atoms with Gasteiger partial charge in [0.2, 0.25) is 11.8 Å². The topological polar surface area (TPSA) is 43.9 Å². The van der Waals surface area contributed by atoms with Gasteiger partial charge in [-0.05, 0) is 61.2 Å². The van der Waals surface area contributed by atoms with E-state index >= 15 is 0 Å². The number of nitrogens with zero attached hydrogens (tertiary/aromatic N) is 3. The minimum absolute atomic E-state index is 0.109. The molecule has 3 heterocycles. The van der Waals surface area contributed by atoms with Gasteiger partial charge >= 0.3 is 0 Å². The first-order valence-electron chi connectivity index (χ1n) is 14.4. The number of aryl methyl sites for hydroxylation is 1. The molecule has 37 heavy (non-hydrogen) atoms. The molecule has 0 spiro atoms. The molecule has 2 amide bonds. The molecule has 1 fully saturated rings. The van der Waals surface area contributed by atoms with E-state index in [0.717, 1.165) is 45.3 Å². The van der Waals surface area contributed by atoms with Crippen molar-refractivity contribution >= 4 is 23.2 Å². The van der Waals surface area contributed by atoms with E-state index in [-0.39, 0.29) is 23.9 Å². The average molecular weight is 524 g/mol. The maximum Gasteiger partial charge on any atom is 0.239 e. The third-order valence-electron chi connectivity index (χ3n) is 8.25. The smallest absolute Gasteiger partial charge is 0.239 e. The Kier molecular flexibility index (Phi) is 10.2. The highest BCUT2D eigenvalue weighted by Gasteiger charge is 2.37. The van der Waals surface area contributed by atoms with Crippen LogP contribution in [0.4, 0.5) is 0 Å². The van der Waals surface area contributed by atoms with Gasteiger partial charge in [-0.25, -0.2) is 0 Å². The van der Waals surface area contributed by atoms with E-state index in [4.69, 9.17) is 0 Å². The summed E-state index contributed by atoms with van der Waals surface area (Å²) < 4.78 is 0. The van der Waals surface area contributed by atoms with Crippen molar-refractivity contribution in [2.75, 3.05) is 32.7 Å². The second kappa shape index (κ2) is 13.6. The van der Waals surface area contributed by atoms with Crippen molar-refractivity contribution in [2.45, 2.75) is 90.6 Å². The molecule has 5 nitrogen and oxygen atoms in total. The lowest BCUT2D eigenvalue weighted by atomic mass is 9.89. The van der Waals surface area contributed by atoms with Gasteiger partial charge in [0, 0.05) is 44.0 Å². The molecule has 2 unspecified atom stereocenters. The van der Waals surface area contributed by atoms with Crippen molar-refractivity contribution in [1.29, 1.82) is 0 Å². The summed E-state index contributed by atoms with van der Waals surface area (Å²) >= 11 is 1.84. The predicted molar refractivity (Wildman–Crippen MR) is 153 cm³/mol. The van der Waals surface area contributed by atoms with E-state index in [2.05, 4.69) is 61.4 Å². The number of thiophene rings is 1. The molecule has 1 aromatic carbocycles. The SMILES string of the molecule is CCCCCCCCC(=O)N1CCCN(C(=O)C(C)N2CCc3sccc3C2c2ccccc2C)CC1. The van der Waals surface area contributed by atoms with Crippen molar-refractivity contribution < 1.29 is 9.59 Å². The quantitative estimate of drug-likeness (QED) is 0.348. The van der Waals surface area contributed by atoms with Gasteiger partial charge in [0.15, 0.2) is 0 Å². The zero-order chi connectivity index (χ0) is 26.2. The largest absolute Gasteiger partial charge is 0.341 e. The second-order valence-electron chi connectivity index (χ2n) is 10.8. The molecule has 0 bridgehead atoms. The fraction of sp³-hybridized carbons (Fsp3) is 0.613. The van der Waals surface area contributed by atoms with Gasteiger partial charge in [0.25, 0.3) is 0 Å². The summed E-state index contributed by atoms with van der Waals surface area (Å²) in [5, 5.41) is 2.19. The number of carbonyl (C=O) groups excluding carboxylic acids is 2. The molecule has 202 valence electrons.